The number of hydrogen-bond acceptors (Lipinski definition) is 2. The average molecular weight is 172 g/mol. The van der Waals surface area contributed by atoms with Crippen LogP contribution in [0.25, 0.3) is 0 Å². The Balaban J connectivity index is 2.29. The summed E-state index contributed by atoms with van der Waals surface area (Å²) in [7, 11) is 0. The Morgan fingerprint density at radius 1 is 1.58 bits per heavy atom. The second-order valence-electron chi connectivity index (χ2n) is 3.82. The summed E-state index contributed by atoms with van der Waals surface area (Å²) in [5.74, 6) is 0.480. The van der Waals surface area contributed by atoms with Crippen molar-refractivity contribution >= 4 is 0 Å². The molecule has 0 amide bonds. The largest absolute Gasteiger partial charge is 0.393 e. The molecule has 3 atom stereocenters. The first-order valence-electron chi connectivity index (χ1n) is 5.03. The number of aliphatic hydroxyl groups excluding tert-OH is 1. The first-order valence-corrected chi connectivity index (χ1v) is 5.03. The first-order chi connectivity index (χ1) is 5.74. The van der Waals surface area contributed by atoms with Crippen LogP contribution in [0.5, 0.6) is 0 Å². The van der Waals surface area contributed by atoms with Crippen LogP contribution in [0.1, 0.15) is 39.5 Å². The molecule has 0 aromatic rings. The lowest BCUT2D eigenvalue weighted by Crippen LogP contribution is -2.31. The van der Waals surface area contributed by atoms with E-state index < -0.39 is 0 Å². The Bertz CT molecular complexity index is 125. The van der Waals surface area contributed by atoms with Gasteiger partial charge < -0.3 is 9.84 Å². The molecule has 1 rings (SSSR count). The lowest BCUT2D eigenvalue weighted by Gasteiger charge is -2.30. The summed E-state index contributed by atoms with van der Waals surface area (Å²) >= 11 is 0. The monoisotopic (exact) mass is 172 g/mol. The Kier molecular flexibility index (Phi) is 4.02. The molecule has 12 heavy (non-hydrogen) atoms. The SMILES string of the molecule is CCCC(O)C1CCOC(C)C1. The summed E-state index contributed by atoms with van der Waals surface area (Å²) in [5, 5.41) is 9.74. The molecule has 1 saturated heterocycles. The third kappa shape index (κ3) is 2.76. The van der Waals surface area contributed by atoms with Crippen LogP contribution in [0.3, 0.4) is 0 Å². The van der Waals surface area contributed by atoms with E-state index in [1.54, 1.807) is 0 Å². The Hall–Kier alpha value is -0.0800. The highest BCUT2D eigenvalue weighted by atomic mass is 16.5. The molecule has 3 unspecified atom stereocenters. The van der Waals surface area contributed by atoms with E-state index in [0.29, 0.717) is 12.0 Å². The quantitative estimate of drug-likeness (QED) is 0.705. The molecular weight excluding hydrogens is 152 g/mol. The number of ether oxygens (including phenoxy) is 1. The summed E-state index contributed by atoms with van der Waals surface area (Å²) in [6, 6.07) is 0. The van der Waals surface area contributed by atoms with E-state index in [1.807, 2.05) is 0 Å². The van der Waals surface area contributed by atoms with Gasteiger partial charge in [0.15, 0.2) is 0 Å². The van der Waals surface area contributed by atoms with Crippen molar-refractivity contribution in [3.05, 3.63) is 0 Å². The van der Waals surface area contributed by atoms with Gasteiger partial charge in [-0.3, -0.25) is 0 Å². The molecule has 0 radical (unpaired) electrons. The van der Waals surface area contributed by atoms with E-state index >= 15 is 0 Å². The van der Waals surface area contributed by atoms with Crippen LogP contribution in [0.15, 0.2) is 0 Å². The maximum atomic E-state index is 9.74. The summed E-state index contributed by atoms with van der Waals surface area (Å²) in [5.41, 5.74) is 0. The molecule has 1 aliphatic heterocycles. The number of aliphatic hydroxyl groups is 1. The number of hydrogen-bond donors (Lipinski definition) is 1. The average Bonchev–Trinajstić information content (AvgIpc) is 2.05. The minimum absolute atomic E-state index is 0.0960. The fraction of sp³-hybridized carbons (Fsp3) is 1.00. The summed E-state index contributed by atoms with van der Waals surface area (Å²) in [6.45, 7) is 5.03. The van der Waals surface area contributed by atoms with Gasteiger partial charge in [-0.15, -0.1) is 0 Å². The minimum Gasteiger partial charge on any atom is -0.393 e. The zero-order chi connectivity index (χ0) is 8.97. The second kappa shape index (κ2) is 4.83. The summed E-state index contributed by atoms with van der Waals surface area (Å²) < 4.78 is 5.43. The minimum atomic E-state index is -0.0960. The van der Waals surface area contributed by atoms with Gasteiger partial charge in [0.2, 0.25) is 0 Å². The van der Waals surface area contributed by atoms with E-state index in [2.05, 4.69) is 13.8 Å². The molecule has 2 nitrogen and oxygen atoms in total. The van der Waals surface area contributed by atoms with Crippen molar-refractivity contribution in [2.24, 2.45) is 5.92 Å². The topological polar surface area (TPSA) is 29.5 Å². The van der Waals surface area contributed by atoms with E-state index in [-0.39, 0.29) is 6.10 Å². The predicted molar refractivity (Wildman–Crippen MR) is 49.1 cm³/mol. The molecule has 1 N–H and O–H groups in total. The lowest BCUT2D eigenvalue weighted by molar-refractivity contribution is -0.0370. The van der Waals surface area contributed by atoms with Gasteiger partial charge in [-0.1, -0.05) is 13.3 Å². The molecule has 1 fully saturated rings. The van der Waals surface area contributed by atoms with Gasteiger partial charge in [0.25, 0.3) is 0 Å². The van der Waals surface area contributed by atoms with Crippen LogP contribution < -0.4 is 0 Å². The lowest BCUT2D eigenvalue weighted by atomic mass is 9.89. The summed E-state index contributed by atoms with van der Waals surface area (Å²) in [6.07, 6.45) is 4.33. The van der Waals surface area contributed by atoms with Crippen LogP contribution in [-0.4, -0.2) is 23.9 Å². The molecular formula is C10H20O2. The van der Waals surface area contributed by atoms with Crippen molar-refractivity contribution in [2.45, 2.75) is 51.7 Å². The van der Waals surface area contributed by atoms with Gasteiger partial charge in [0.05, 0.1) is 12.2 Å². The van der Waals surface area contributed by atoms with Crippen molar-refractivity contribution in [3.63, 3.8) is 0 Å². The summed E-state index contributed by atoms with van der Waals surface area (Å²) in [4.78, 5) is 0. The van der Waals surface area contributed by atoms with Gasteiger partial charge in [-0.05, 0) is 32.1 Å². The first kappa shape index (κ1) is 10.0. The van der Waals surface area contributed by atoms with Gasteiger partial charge in [-0.25, -0.2) is 0 Å². The van der Waals surface area contributed by atoms with Gasteiger partial charge in [0, 0.05) is 6.61 Å². The molecule has 2 heteroatoms. The molecule has 0 spiro atoms. The third-order valence-corrected chi connectivity index (χ3v) is 2.65. The van der Waals surface area contributed by atoms with E-state index in [0.717, 1.165) is 32.3 Å². The Labute approximate surface area is 74.9 Å². The highest BCUT2D eigenvalue weighted by Gasteiger charge is 2.24. The molecule has 1 aliphatic rings. The van der Waals surface area contributed by atoms with E-state index in [1.165, 1.54) is 0 Å². The maximum absolute atomic E-state index is 9.74. The highest BCUT2D eigenvalue weighted by molar-refractivity contribution is 4.74. The molecule has 0 aromatic heterocycles. The number of rotatable bonds is 3. The fourth-order valence-corrected chi connectivity index (χ4v) is 1.91. The normalized spacial score (nSPS) is 33.2. The standard InChI is InChI=1S/C10H20O2/c1-3-4-10(11)9-5-6-12-8(2)7-9/h8-11H,3-7H2,1-2H3. The molecule has 0 saturated carbocycles. The van der Waals surface area contributed by atoms with Crippen LogP contribution in [-0.2, 0) is 4.74 Å². The zero-order valence-electron chi connectivity index (χ0n) is 8.12. The predicted octanol–water partition coefficient (Wildman–Crippen LogP) is 1.96. The Morgan fingerprint density at radius 2 is 2.33 bits per heavy atom. The van der Waals surface area contributed by atoms with Crippen LogP contribution >= 0.6 is 0 Å². The van der Waals surface area contributed by atoms with E-state index in [4.69, 9.17) is 4.74 Å². The fourth-order valence-electron chi connectivity index (χ4n) is 1.91. The van der Waals surface area contributed by atoms with Crippen LogP contribution in [0, 0.1) is 5.92 Å². The van der Waals surface area contributed by atoms with Gasteiger partial charge >= 0.3 is 0 Å². The van der Waals surface area contributed by atoms with E-state index in [9.17, 15) is 5.11 Å². The molecule has 0 bridgehead atoms. The van der Waals surface area contributed by atoms with Crippen molar-refractivity contribution in [1.29, 1.82) is 0 Å². The maximum Gasteiger partial charge on any atom is 0.0570 e. The van der Waals surface area contributed by atoms with Crippen molar-refractivity contribution in [3.8, 4) is 0 Å². The van der Waals surface area contributed by atoms with Crippen LogP contribution in [0.4, 0.5) is 0 Å². The van der Waals surface area contributed by atoms with Gasteiger partial charge in [0.1, 0.15) is 0 Å². The van der Waals surface area contributed by atoms with Gasteiger partial charge in [-0.2, -0.15) is 0 Å². The molecule has 72 valence electrons. The second-order valence-corrected chi connectivity index (χ2v) is 3.82. The highest BCUT2D eigenvalue weighted by Crippen LogP contribution is 2.24. The third-order valence-electron chi connectivity index (χ3n) is 2.65. The van der Waals surface area contributed by atoms with Crippen molar-refractivity contribution < 1.29 is 9.84 Å². The van der Waals surface area contributed by atoms with Crippen LogP contribution in [0.2, 0.25) is 0 Å². The Morgan fingerprint density at radius 3 is 2.92 bits per heavy atom. The molecule has 0 aliphatic carbocycles. The van der Waals surface area contributed by atoms with Crippen molar-refractivity contribution in [2.75, 3.05) is 6.61 Å². The van der Waals surface area contributed by atoms with Crippen molar-refractivity contribution in [1.82, 2.24) is 0 Å². The molecule has 0 aromatic carbocycles. The smallest absolute Gasteiger partial charge is 0.0570 e. The zero-order valence-corrected chi connectivity index (χ0v) is 8.12. The molecule has 1 heterocycles.